The lowest BCUT2D eigenvalue weighted by Gasteiger charge is -2.05. The highest BCUT2D eigenvalue weighted by molar-refractivity contribution is 14.1. The summed E-state index contributed by atoms with van der Waals surface area (Å²) in [6.45, 7) is 0. The Morgan fingerprint density at radius 2 is 1.68 bits per heavy atom. The molecular weight excluding hydrogens is 349 g/mol. The summed E-state index contributed by atoms with van der Waals surface area (Å²) in [6.07, 6.45) is 3.42. The smallest absolute Gasteiger partial charge is 0.195 e. The van der Waals surface area contributed by atoms with Crippen LogP contribution in [0.5, 0.6) is 0 Å². The molecule has 0 saturated carbocycles. The van der Waals surface area contributed by atoms with Crippen LogP contribution < -0.4 is 0 Å². The second kappa shape index (κ2) is 5.09. The van der Waals surface area contributed by atoms with E-state index in [1.165, 1.54) is 0 Å². The van der Waals surface area contributed by atoms with Gasteiger partial charge in [0, 0.05) is 32.5 Å². The number of pyridine rings is 1. The number of rotatable bonds is 2. The maximum atomic E-state index is 12.5. The SMILES string of the molecule is O=C(c1ccc(I)cc1)c1cncc2ccccc12. The van der Waals surface area contributed by atoms with Crippen molar-refractivity contribution in [2.45, 2.75) is 0 Å². The Hall–Kier alpha value is -1.75. The van der Waals surface area contributed by atoms with Gasteiger partial charge in [0.25, 0.3) is 0 Å². The molecule has 0 aliphatic rings. The van der Waals surface area contributed by atoms with Crippen LogP contribution >= 0.6 is 22.6 Å². The average Bonchev–Trinajstić information content (AvgIpc) is 2.47. The van der Waals surface area contributed by atoms with Crippen molar-refractivity contribution >= 4 is 39.1 Å². The summed E-state index contributed by atoms with van der Waals surface area (Å²) in [4.78, 5) is 16.7. The predicted octanol–water partition coefficient (Wildman–Crippen LogP) is 4.07. The number of carbonyl (C=O) groups excluding carboxylic acids is 1. The van der Waals surface area contributed by atoms with E-state index in [-0.39, 0.29) is 5.78 Å². The van der Waals surface area contributed by atoms with Gasteiger partial charge in [-0.25, -0.2) is 0 Å². The van der Waals surface area contributed by atoms with Gasteiger partial charge in [-0.3, -0.25) is 9.78 Å². The summed E-state index contributed by atoms with van der Waals surface area (Å²) in [7, 11) is 0. The Morgan fingerprint density at radius 3 is 2.47 bits per heavy atom. The van der Waals surface area contributed by atoms with Gasteiger partial charge in [-0.15, -0.1) is 0 Å². The molecule has 0 atom stereocenters. The molecule has 0 aliphatic heterocycles. The molecule has 0 fully saturated rings. The Balaban J connectivity index is 2.14. The number of fused-ring (bicyclic) bond motifs is 1. The topological polar surface area (TPSA) is 30.0 Å². The molecule has 3 aromatic rings. The lowest BCUT2D eigenvalue weighted by molar-refractivity contribution is 0.104. The van der Waals surface area contributed by atoms with Crippen LogP contribution in [-0.4, -0.2) is 10.8 Å². The van der Waals surface area contributed by atoms with Gasteiger partial charge in [0.05, 0.1) is 0 Å². The molecule has 0 radical (unpaired) electrons. The quantitative estimate of drug-likeness (QED) is 0.510. The van der Waals surface area contributed by atoms with Gasteiger partial charge in [-0.05, 0) is 52.2 Å². The zero-order chi connectivity index (χ0) is 13.2. The van der Waals surface area contributed by atoms with Crippen molar-refractivity contribution < 1.29 is 4.79 Å². The van der Waals surface area contributed by atoms with Gasteiger partial charge in [0.15, 0.2) is 5.78 Å². The van der Waals surface area contributed by atoms with E-state index >= 15 is 0 Å². The van der Waals surface area contributed by atoms with Crippen LogP contribution in [0.25, 0.3) is 10.8 Å². The monoisotopic (exact) mass is 359 g/mol. The average molecular weight is 359 g/mol. The van der Waals surface area contributed by atoms with Crippen molar-refractivity contribution in [3.63, 3.8) is 0 Å². The second-order valence-corrected chi connectivity index (χ2v) is 5.49. The number of halogens is 1. The predicted molar refractivity (Wildman–Crippen MR) is 84.3 cm³/mol. The molecule has 0 bridgehead atoms. The number of nitrogens with zero attached hydrogens (tertiary/aromatic N) is 1. The second-order valence-electron chi connectivity index (χ2n) is 4.24. The van der Waals surface area contributed by atoms with E-state index in [2.05, 4.69) is 27.6 Å². The Morgan fingerprint density at radius 1 is 0.947 bits per heavy atom. The van der Waals surface area contributed by atoms with Crippen molar-refractivity contribution in [3.05, 3.63) is 75.6 Å². The van der Waals surface area contributed by atoms with Gasteiger partial charge in [0.1, 0.15) is 0 Å². The lowest BCUT2D eigenvalue weighted by atomic mass is 10.00. The summed E-state index contributed by atoms with van der Waals surface area (Å²) in [5, 5.41) is 1.93. The highest BCUT2D eigenvalue weighted by Crippen LogP contribution is 2.20. The third-order valence-corrected chi connectivity index (χ3v) is 3.74. The minimum atomic E-state index is 0.0145. The van der Waals surface area contributed by atoms with Gasteiger partial charge in [0.2, 0.25) is 0 Å². The maximum Gasteiger partial charge on any atom is 0.195 e. The van der Waals surface area contributed by atoms with Crippen molar-refractivity contribution in [2.24, 2.45) is 0 Å². The third kappa shape index (κ3) is 2.38. The molecule has 2 nitrogen and oxygen atoms in total. The van der Waals surface area contributed by atoms with E-state index < -0.39 is 0 Å². The van der Waals surface area contributed by atoms with E-state index in [4.69, 9.17) is 0 Å². The molecule has 2 aromatic carbocycles. The molecule has 0 N–H and O–H groups in total. The fourth-order valence-corrected chi connectivity index (χ4v) is 2.41. The van der Waals surface area contributed by atoms with Crippen LogP contribution in [0.4, 0.5) is 0 Å². The van der Waals surface area contributed by atoms with Crippen molar-refractivity contribution in [1.82, 2.24) is 4.98 Å². The van der Waals surface area contributed by atoms with Crippen LogP contribution in [0, 0.1) is 3.57 Å². The van der Waals surface area contributed by atoms with Gasteiger partial charge < -0.3 is 0 Å². The molecule has 0 unspecified atom stereocenters. The van der Waals surface area contributed by atoms with Crippen LogP contribution in [0.2, 0.25) is 0 Å². The zero-order valence-corrected chi connectivity index (χ0v) is 12.2. The summed E-state index contributed by atoms with van der Waals surface area (Å²) in [5.74, 6) is 0.0145. The molecule has 3 rings (SSSR count). The molecule has 1 aromatic heterocycles. The molecule has 1 heterocycles. The minimum absolute atomic E-state index is 0.0145. The standard InChI is InChI=1S/C16H10INO/c17-13-7-5-11(6-8-13)16(19)15-10-18-9-12-3-1-2-4-14(12)15/h1-10H. The van der Waals surface area contributed by atoms with Crippen molar-refractivity contribution in [2.75, 3.05) is 0 Å². The first-order valence-electron chi connectivity index (χ1n) is 5.89. The van der Waals surface area contributed by atoms with Crippen molar-refractivity contribution in [1.29, 1.82) is 0 Å². The van der Waals surface area contributed by atoms with Crippen LogP contribution in [0.1, 0.15) is 15.9 Å². The number of hydrogen-bond acceptors (Lipinski definition) is 2. The van der Waals surface area contributed by atoms with Crippen molar-refractivity contribution in [3.8, 4) is 0 Å². The number of ketones is 1. The molecule has 0 spiro atoms. The van der Waals surface area contributed by atoms with Crippen LogP contribution in [0.15, 0.2) is 60.9 Å². The zero-order valence-electron chi connectivity index (χ0n) is 10.0. The van der Waals surface area contributed by atoms with E-state index in [1.54, 1.807) is 12.4 Å². The maximum absolute atomic E-state index is 12.5. The summed E-state index contributed by atoms with van der Waals surface area (Å²) >= 11 is 2.23. The lowest BCUT2D eigenvalue weighted by Crippen LogP contribution is -2.02. The van der Waals surface area contributed by atoms with E-state index in [0.717, 1.165) is 14.3 Å². The molecule has 3 heteroatoms. The number of hydrogen-bond donors (Lipinski definition) is 0. The number of carbonyl (C=O) groups is 1. The fraction of sp³-hybridized carbons (Fsp3) is 0. The normalized spacial score (nSPS) is 10.6. The molecular formula is C16H10INO. The van der Waals surface area contributed by atoms with E-state index in [1.807, 2.05) is 48.5 Å². The van der Waals surface area contributed by atoms with Crippen LogP contribution in [-0.2, 0) is 0 Å². The Bertz CT molecular complexity index is 745. The van der Waals surface area contributed by atoms with Crippen LogP contribution in [0.3, 0.4) is 0 Å². The summed E-state index contributed by atoms with van der Waals surface area (Å²) in [5.41, 5.74) is 1.35. The van der Waals surface area contributed by atoms with Gasteiger partial charge in [-0.1, -0.05) is 24.3 Å². The number of aromatic nitrogens is 1. The third-order valence-electron chi connectivity index (χ3n) is 3.02. The number of benzene rings is 2. The Labute approximate surface area is 124 Å². The molecule has 0 aliphatic carbocycles. The first-order chi connectivity index (χ1) is 9.25. The fourth-order valence-electron chi connectivity index (χ4n) is 2.05. The Kier molecular flexibility index (Phi) is 3.29. The highest BCUT2D eigenvalue weighted by Gasteiger charge is 2.12. The first kappa shape index (κ1) is 12.3. The molecule has 0 amide bonds. The summed E-state index contributed by atoms with van der Waals surface area (Å²) in [6, 6.07) is 15.4. The minimum Gasteiger partial charge on any atom is -0.289 e. The molecule has 19 heavy (non-hydrogen) atoms. The van der Waals surface area contributed by atoms with Gasteiger partial charge in [-0.2, -0.15) is 0 Å². The molecule has 92 valence electrons. The molecule has 0 saturated heterocycles. The van der Waals surface area contributed by atoms with E-state index in [9.17, 15) is 4.79 Å². The van der Waals surface area contributed by atoms with E-state index in [0.29, 0.717) is 11.1 Å². The van der Waals surface area contributed by atoms with Gasteiger partial charge >= 0.3 is 0 Å². The summed E-state index contributed by atoms with van der Waals surface area (Å²) < 4.78 is 1.12. The highest BCUT2D eigenvalue weighted by atomic mass is 127. The largest absolute Gasteiger partial charge is 0.289 e. The first-order valence-corrected chi connectivity index (χ1v) is 6.96.